The number of carbonyl (C=O) groups excluding carboxylic acids is 1. The fourth-order valence-electron chi connectivity index (χ4n) is 2.56. The highest BCUT2D eigenvalue weighted by molar-refractivity contribution is 5.94. The first kappa shape index (κ1) is 21.0. The van der Waals surface area contributed by atoms with Crippen LogP contribution in [-0.4, -0.2) is 69.1 Å². The highest BCUT2D eigenvalue weighted by atomic mass is 16.5. The van der Waals surface area contributed by atoms with Crippen molar-refractivity contribution in [3.63, 3.8) is 0 Å². The van der Waals surface area contributed by atoms with E-state index >= 15 is 0 Å². The Hall–Kier alpha value is -2.32. The summed E-state index contributed by atoms with van der Waals surface area (Å²) >= 11 is 0. The van der Waals surface area contributed by atoms with Crippen molar-refractivity contribution in [3.05, 3.63) is 29.8 Å². The molecule has 8 heteroatoms. The first-order chi connectivity index (χ1) is 13.2. The van der Waals surface area contributed by atoms with Crippen molar-refractivity contribution in [1.29, 1.82) is 0 Å². The molecule has 1 atom stereocenters. The smallest absolute Gasteiger partial charge is 0.251 e. The van der Waals surface area contributed by atoms with Gasteiger partial charge in [0, 0.05) is 45.0 Å². The summed E-state index contributed by atoms with van der Waals surface area (Å²) in [5.74, 6) is 0.689. The number of phenols is 1. The number of ether oxygens (including phenoxy) is 2. The second-order valence-corrected chi connectivity index (χ2v) is 6.20. The van der Waals surface area contributed by atoms with Crippen molar-refractivity contribution in [2.24, 2.45) is 4.99 Å². The fraction of sp³-hybridized carbons (Fsp3) is 0.579. The normalized spacial score (nSPS) is 16.9. The number of nitrogens with one attached hydrogen (secondary N) is 3. The van der Waals surface area contributed by atoms with Gasteiger partial charge in [-0.1, -0.05) is 0 Å². The van der Waals surface area contributed by atoms with E-state index in [-0.39, 0.29) is 17.8 Å². The number of nitrogens with zero attached hydrogens (tertiary/aromatic N) is 1. The van der Waals surface area contributed by atoms with Gasteiger partial charge in [-0.2, -0.15) is 0 Å². The van der Waals surface area contributed by atoms with Gasteiger partial charge in [0.2, 0.25) is 0 Å². The van der Waals surface area contributed by atoms with Crippen LogP contribution in [0.1, 0.15) is 30.1 Å². The lowest BCUT2D eigenvalue weighted by Gasteiger charge is -2.12. The molecule has 1 amide bonds. The monoisotopic (exact) mass is 378 g/mol. The summed E-state index contributed by atoms with van der Waals surface area (Å²) in [4.78, 5) is 16.5. The molecule has 1 aliphatic heterocycles. The maximum atomic E-state index is 12.0. The predicted octanol–water partition coefficient (Wildman–Crippen LogP) is 0.873. The van der Waals surface area contributed by atoms with E-state index in [0.717, 1.165) is 32.0 Å². The molecule has 1 aromatic carbocycles. The topological polar surface area (TPSA) is 104 Å². The van der Waals surface area contributed by atoms with Crippen LogP contribution in [0.4, 0.5) is 0 Å². The van der Waals surface area contributed by atoms with Crippen LogP contribution in [0.5, 0.6) is 5.75 Å². The highest BCUT2D eigenvalue weighted by Gasteiger charge is 2.15. The Balaban J connectivity index is 1.61. The molecular formula is C19H30N4O4. The zero-order chi connectivity index (χ0) is 19.3. The Morgan fingerprint density at radius 3 is 2.74 bits per heavy atom. The quantitative estimate of drug-likeness (QED) is 0.274. The van der Waals surface area contributed by atoms with E-state index in [1.165, 1.54) is 12.1 Å². The van der Waals surface area contributed by atoms with Crippen LogP contribution in [0.15, 0.2) is 29.3 Å². The molecule has 0 aromatic heterocycles. The standard InChI is InChI=1S/C19H30N4O4/c1-2-20-19(22-9-3-12-27-17-8-13-26-14-17)23-11-10-21-18(25)15-4-6-16(24)7-5-15/h4-7,17,24H,2-3,8-14H2,1H3,(H,21,25)(H2,20,22,23). The lowest BCUT2D eigenvalue weighted by atomic mass is 10.2. The third kappa shape index (κ3) is 8.27. The van der Waals surface area contributed by atoms with Gasteiger partial charge in [-0.15, -0.1) is 0 Å². The summed E-state index contributed by atoms with van der Waals surface area (Å²) in [6, 6.07) is 6.16. The molecule has 1 fully saturated rings. The number of guanidine groups is 1. The van der Waals surface area contributed by atoms with E-state index in [9.17, 15) is 9.90 Å². The second kappa shape index (κ2) is 12.1. The van der Waals surface area contributed by atoms with Crippen molar-refractivity contribution in [2.75, 3.05) is 46.0 Å². The number of carbonyl (C=O) groups is 1. The minimum absolute atomic E-state index is 0.140. The Kier molecular flexibility index (Phi) is 9.43. The van der Waals surface area contributed by atoms with Gasteiger partial charge >= 0.3 is 0 Å². The van der Waals surface area contributed by atoms with E-state index in [2.05, 4.69) is 20.9 Å². The molecule has 1 unspecified atom stereocenters. The average Bonchev–Trinajstić information content (AvgIpc) is 3.18. The molecule has 1 aliphatic rings. The molecule has 27 heavy (non-hydrogen) atoms. The Labute approximate surface area is 160 Å². The summed E-state index contributed by atoms with van der Waals surface area (Å²) in [5.41, 5.74) is 0.515. The fourth-order valence-corrected chi connectivity index (χ4v) is 2.56. The maximum absolute atomic E-state index is 12.0. The molecule has 2 rings (SSSR count). The molecule has 0 saturated carbocycles. The predicted molar refractivity (Wildman–Crippen MR) is 104 cm³/mol. The van der Waals surface area contributed by atoms with E-state index < -0.39 is 0 Å². The van der Waals surface area contributed by atoms with E-state index in [4.69, 9.17) is 9.47 Å². The van der Waals surface area contributed by atoms with Crippen molar-refractivity contribution in [1.82, 2.24) is 16.0 Å². The van der Waals surface area contributed by atoms with E-state index in [1.807, 2.05) is 6.92 Å². The highest BCUT2D eigenvalue weighted by Crippen LogP contribution is 2.09. The number of amides is 1. The van der Waals surface area contributed by atoms with Gasteiger partial charge in [-0.25, -0.2) is 0 Å². The van der Waals surface area contributed by atoms with Crippen LogP contribution in [0.2, 0.25) is 0 Å². The lowest BCUT2D eigenvalue weighted by Crippen LogP contribution is -2.41. The van der Waals surface area contributed by atoms with Gasteiger partial charge in [-0.3, -0.25) is 9.79 Å². The third-order valence-electron chi connectivity index (χ3n) is 3.99. The Bertz CT molecular complexity index is 586. The van der Waals surface area contributed by atoms with Crippen LogP contribution in [-0.2, 0) is 9.47 Å². The average molecular weight is 378 g/mol. The van der Waals surface area contributed by atoms with Crippen LogP contribution in [0.3, 0.4) is 0 Å². The summed E-state index contributed by atoms with van der Waals surface area (Å²) in [5, 5.41) is 18.4. The minimum atomic E-state index is -0.174. The molecule has 1 saturated heterocycles. The molecule has 8 nitrogen and oxygen atoms in total. The van der Waals surface area contributed by atoms with Crippen LogP contribution >= 0.6 is 0 Å². The molecular weight excluding hydrogens is 348 g/mol. The van der Waals surface area contributed by atoms with Gasteiger partial charge in [0.1, 0.15) is 5.75 Å². The van der Waals surface area contributed by atoms with E-state index in [0.29, 0.717) is 38.4 Å². The van der Waals surface area contributed by atoms with Gasteiger partial charge in [0.05, 0.1) is 12.7 Å². The summed E-state index contributed by atoms with van der Waals surface area (Å²) < 4.78 is 11.0. The lowest BCUT2D eigenvalue weighted by molar-refractivity contribution is 0.0424. The van der Waals surface area contributed by atoms with Crippen molar-refractivity contribution >= 4 is 11.9 Å². The van der Waals surface area contributed by atoms with Crippen molar-refractivity contribution in [3.8, 4) is 5.75 Å². The zero-order valence-electron chi connectivity index (χ0n) is 15.9. The number of hydrogen-bond donors (Lipinski definition) is 4. The number of aromatic hydroxyl groups is 1. The first-order valence-corrected chi connectivity index (χ1v) is 9.47. The van der Waals surface area contributed by atoms with Gasteiger partial charge in [-0.05, 0) is 44.0 Å². The van der Waals surface area contributed by atoms with Crippen LogP contribution < -0.4 is 16.0 Å². The summed E-state index contributed by atoms with van der Waals surface area (Å²) in [6.45, 7) is 6.64. The summed E-state index contributed by atoms with van der Waals surface area (Å²) in [6.07, 6.45) is 2.06. The van der Waals surface area contributed by atoms with Crippen molar-refractivity contribution in [2.45, 2.75) is 25.9 Å². The van der Waals surface area contributed by atoms with Crippen LogP contribution in [0.25, 0.3) is 0 Å². The molecule has 0 bridgehead atoms. The number of phenolic OH excluding ortho intramolecular Hbond substituents is 1. The van der Waals surface area contributed by atoms with Gasteiger partial charge in [0.15, 0.2) is 5.96 Å². The van der Waals surface area contributed by atoms with Crippen molar-refractivity contribution < 1.29 is 19.4 Å². The number of benzene rings is 1. The second-order valence-electron chi connectivity index (χ2n) is 6.20. The largest absolute Gasteiger partial charge is 0.508 e. The third-order valence-corrected chi connectivity index (χ3v) is 3.99. The van der Waals surface area contributed by atoms with E-state index in [1.54, 1.807) is 12.1 Å². The maximum Gasteiger partial charge on any atom is 0.251 e. The molecule has 0 aliphatic carbocycles. The molecule has 1 aromatic rings. The molecule has 4 N–H and O–H groups in total. The minimum Gasteiger partial charge on any atom is -0.508 e. The summed E-state index contributed by atoms with van der Waals surface area (Å²) in [7, 11) is 0. The number of aliphatic imine (C=N–C) groups is 1. The van der Waals surface area contributed by atoms with Crippen LogP contribution in [0, 0.1) is 0 Å². The zero-order valence-corrected chi connectivity index (χ0v) is 15.9. The SMILES string of the molecule is CCNC(=NCCCOC1CCOC1)NCCNC(=O)c1ccc(O)cc1. The van der Waals surface area contributed by atoms with Gasteiger partial charge < -0.3 is 30.5 Å². The van der Waals surface area contributed by atoms with Gasteiger partial charge in [0.25, 0.3) is 5.91 Å². The molecule has 1 heterocycles. The number of hydrogen-bond acceptors (Lipinski definition) is 5. The Morgan fingerprint density at radius 2 is 2.04 bits per heavy atom. The molecule has 150 valence electrons. The molecule has 0 radical (unpaired) electrons. The first-order valence-electron chi connectivity index (χ1n) is 9.47. The number of rotatable bonds is 10. The molecule has 0 spiro atoms. The Morgan fingerprint density at radius 1 is 1.26 bits per heavy atom.